The third kappa shape index (κ3) is 4.22. The Hall–Kier alpha value is -3.16. The summed E-state index contributed by atoms with van der Waals surface area (Å²) in [7, 11) is 4.60. The van der Waals surface area contributed by atoms with Crippen molar-refractivity contribution in [2.45, 2.75) is 12.6 Å². The molecule has 1 heterocycles. The molecule has 2 aromatic carbocycles. The number of amides is 1. The van der Waals surface area contributed by atoms with Crippen LogP contribution in [0.1, 0.15) is 27.9 Å². The molecule has 0 bridgehead atoms. The lowest BCUT2D eigenvalue weighted by atomic mass is 9.96. The monoisotopic (exact) mass is 421 g/mol. The number of ether oxygens (including phenoxy) is 3. The summed E-state index contributed by atoms with van der Waals surface area (Å²) in [6.45, 7) is 0.452. The fourth-order valence-electron chi connectivity index (χ4n) is 3.49. The summed E-state index contributed by atoms with van der Waals surface area (Å²) in [5.41, 5.74) is 0.354. The van der Waals surface area contributed by atoms with E-state index in [1.807, 2.05) is 6.08 Å². The van der Waals surface area contributed by atoms with Crippen LogP contribution in [0.4, 0.5) is 13.2 Å². The smallest absolute Gasteiger partial charge is 0.417 e. The number of halogens is 3. The van der Waals surface area contributed by atoms with Crippen molar-refractivity contribution in [2.75, 3.05) is 34.4 Å². The third-order valence-electron chi connectivity index (χ3n) is 5.00. The number of benzene rings is 2. The van der Waals surface area contributed by atoms with Crippen LogP contribution in [0.5, 0.6) is 17.2 Å². The topological polar surface area (TPSA) is 48.0 Å². The van der Waals surface area contributed by atoms with Gasteiger partial charge in [0.15, 0.2) is 0 Å². The number of rotatable bonds is 5. The van der Waals surface area contributed by atoms with Crippen LogP contribution in [0.25, 0.3) is 5.57 Å². The van der Waals surface area contributed by atoms with Gasteiger partial charge in [-0.15, -0.1) is 0 Å². The van der Waals surface area contributed by atoms with Gasteiger partial charge in [0.25, 0.3) is 5.91 Å². The van der Waals surface area contributed by atoms with Crippen molar-refractivity contribution in [1.29, 1.82) is 0 Å². The van der Waals surface area contributed by atoms with Gasteiger partial charge in [-0.1, -0.05) is 18.2 Å². The summed E-state index contributed by atoms with van der Waals surface area (Å²) in [5.74, 6) is 1.04. The minimum Gasteiger partial charge on any atom is -0.496 e. The fourth-order valence-corrected chi connectivity index (χ4v) is 3.49. The summed E-state index contributed by atoms with van der Waals surface area (Å²) < 4.78 is 56.0. The van der Waals surface area contributed by atoms with Crippen molar-refractivity contribution < 1.29 is 32.2 Å². The average molecular weight is 421 g/mol. The van der Waals surface area contributed by atoms with E-state index in [2.05, 4.69) is 0 Å². The highest BCUT2D eigenvalue weighted by molar-refractivity contribution is 5.96. The van der Waals surface area contributed by atoms with E-state index in [-0.39, 0.29) is 18.7 Å². The molecule has 0 aromatic heterocycles. The molecule has 0 atom stereocenters. The minimum atomic E-state index is -4.59. The molecule has 2 aromatic rings. The Bertz CT molecular complexity index is 944. The fraction of sp³-hybridized carbons (Fsp3) is 0.318. The van der Waals surface area contributed by atoms with E-state index in [1.54, 1.807) is 12.1 Å². The molecule has 0 radical (unpaired) electrons. The van der Waals surface area contributed by atoms with Crippen LogP contribution in [-0.4, -0.2) is 45.2 Å². The van der Waals surface area contributed by atoms with Gasteiger partial charge in [0.05, 0.1) is 38.0 Å². The van der Waals surface area contributed by atoms with Crippen LogP contribution in [0.2, 0.25) is 0 Å². The summed E-state index contributed by atoms with van der Waals surface area (Å²) in [6, 6.07) is 8.30. The first kappa shape index (κ1) is 21.5. The molecule has 0 saturated carbocycles. The van der Waals surface area contributed by atoms with E-state index in [9.17, 15) is 18.0 Å². The van der Waals surface area contributed by atoms with Crippen molar-refractivity contribution in [3.63, 3.8) is 0 Å². The normalized spacial score (nSPS) is 14.2. The predicted octanol–water partition coefficient (Wildman–Crippen LogP) is 4.66. The SMILES string of the molecule is COc1cc(OC)c(C2=CCN(C(=O)c3ccccc3C(F)(F)F)CC2)c(OC)c1. The van der Waals surface area contributed by atoms with Crippen LogP contribution in [0, 0.1) is 0 Å². The number of carbonyl (C=O) groups is 1. The van der Waals surface area contributed by atoms with E-state index in [0.717, 1.165) is 17.2 Å². The van der Waals surface area contributed by atoms with Gasteiger partial charge in [0.2, 0.25) is 0 Å². The molecule has 30 heavy (non-hydrogen) atoms. The maximum atomic E-state index is 13.3. The van der Waals surface area contributed by atoms with Crippen molar-refractivity contribution in [1.82, 2.24) is 4.90 Å². The number of alkyl halides is 3. The zero-order chi connectivity index (χ0) is 21.9. The molecule has 1 aliphatic heterocycles. The Labute approximate surface area is 172 Å². The Morgan fingerprint density at radius 2 is 1.63 bits per heavy atom. The standard InChI is InChI=1S/C22H22F3NO4/c1-28-15-12-18(29-2)20(19(13-15)30-3)14-8-10-26(11-9-14)21(27)16-6-4-5-7-17(16)22(23,24)25/h4-8,12-13H,9-11H2,1-3H3. The second-order valence-electron chi connectivity index (χ2n) is 6.68. The van der Waals surface area contributed by atoms with E-state index < -0.39 is 17.6 Å². The lowest BCUT2D eigenvalue weighted by Crippen LogP contribution is -2.35. The van der Waals surface area contributed by atoms with Crippen LogP contribution in [0.15, 0.2) is 42.5 Å². The number of nitrogens with zero attached hydrogens (tertiary/aromatic N) is 1. The number of methoxy groups -OCH3 is 3. The van der Waals surface area contributed by atoms with E-state index in [0.29, 0.717) is 23.7 Å². The van der Waals surface area contributed by atoms with Crippen molar-refractivity contribution in [3.05, 3.63) is 59.2 Å². The minimum absolute atomic E-state index is 0.179. The molecule has 0 aliphatic carbocycles. The Morgan fingerprint density at radius 1 is 1.00 bits per heavy atom. The Balaban J connectivity index is 1.89. The summed E-state index contributed by atoms with van der Waals surface area (Å²) in [4.78, 5) is 14.2. The van der Waals surface area contributed by atoms with Crippen LogP contribution in [-0.2, 0) is 6.18 Å². The number of hydrogen-bond donors (Lipinski definition) is 0. The van der Waals surface area contributed by atoms with Gasteiger partial charge in [-0.05, 0) is 24.1 Å². The van der Waals surface area contributed by atoms with Crippen molar-refractivity contribution >= 4 is 11.5 Å². The Kier molecular flexibility index (Phi) is 6.24. The van der Waals surface area contributed by atoms with Gasteiger partial charge in [-0.3, -0.25) is 4.79 Å². The zero-order valence-corrected chi connectivity index (χ0v) is 16.9. The first-order valence-corrected chi connectivity index (χ1v) is 9.25. The molecular formula is C22H22F3NO4. The van der Waals surface area contributed by atoms with Gasteiger partial charge in [-0.25, -0.2) is 0 Å². The van der Waals surface area contributed by atoms with Crippen LogP contribution >= 0.6 is 0 Å². The van der Waals surface area contributed by atoms with Crippen LogP contribution < -0.4 is 14.2 Å². The van der Waals surface area contributed by atoms with Crippen molar-refractivity contribution in [2.24, 2.45) is 0 Å². The van der Waals surface area contributed by atoms with E-state index >= 15 is 0 Å². The molecule has 5 nitrogen and oxygen atoms in total. The molecular weight excluding hydrogens is 399 g/mol. The first-order chi connectivity index (χ1) is 14.3. The molecule has 0 N–H and O–H groups in total. The van der Waals surface area contributed by atoms with Gasteiger partial charge in [0, 0.05) is 25.2 Å². The van der Waals surface area contributed by atoms with E-state index in [4.69, 9.17) is 14.2 Å². The van der Waals surface area contributed by atoms with Gasteiger partial charge in [-0.2, -0.15) is 13.2 Å². The molecule has 1 aliphatic rings. The molecule has 8 heteroatoms. The average Bonchev–Trinajstić information content (AvgIpc) is 2.77. The number of hydrogen-bond acceptors (Lipinski definition) is 4. The lowest BCUT2D eigenvalue weighted by Gasteiger charge is -2.28. The summed E-state index contributed by atoms with van der Waals surface area (Å²) in [6.07, 6.45) is -2.34. The highest BCUT2D eigenvalue weighted by atomic mass is 19.4. The van der Waals surface area contributed by atoms with Crippen molar-refractivity contribution in [3.8, 4) is 17.2 Å². The molecule has 160 valence electrons. The highest BCUT2D eigenvalue weighted by Gasteiger charge is 2.36. The summed E-state index contributed by atoms with van der Waals surface area (Å²) >= 11 is 0. The number of carbonyl (C=O) groups excluding carboxylic acids is 1. The molecule has 0 saturated heterocycles. The third-order valence-corrected chi connectivity index (χ3v) is 5.00. The quantitative estimate of drug-likeness (QED) is 0.705. The lowest BCUT2D eigenvalue weighted by molar-refractivity contribution is -0.138. The van der Waals surface area contributed by atoms with Gasteiger partial charge < -0.3 is 19.1 Å². The van der Waals surface area contributed by atoms with Gasteiger partial charge >= 0.3 is 6.18 Å². The molecule has 1 amide bonds. The van der Waals surface area contributed by atoms with Gasteiger partial charge in [0.1, 0.15) is 17.2 Å². The predicted molar refractivity (Wildman–Crippen MR) is 106 cm³/mol. The molecule has 3 rings (SSSR count). The second-order valence-corrected chi connectivity index (χ2v) is 6.68. The molecule has 0 fully saturated rings. The largest absolute Gasteiger partial charge is 0.496 e. The van der Waals surface area contributed by atoms with Crippen LogP contribution in [0.3, 0.4) is 0 Å². The highest BCUT2D eigenvalue weighted by Crippen LogP contribution is 2.41. The molecule has 0 spiro atoms. The zero-order valence-electron chi connectivity index (χ0n) is 16.9. The summed E-state index contributed by atoms with van der Waals surface area (Å²) in [5, 5.41) is 0. The first-order valence-electron chi connectivity index (χ1n) is 9.25. The molecule has 0 unspecified atom stereocenters. The maximum absolute atomic E-state index is 13.3. The maximum Gasteiger partial charge on any atom is 0.417 e. The second kappa shape index (κ2) is 8.69. The van der Waals surface area contributed by atoms with E-state index in [1.165, 1.54) is 44.4 Å². The Morgan fingerprint density at radius 3 is 2.13 bits per heavy atom.